The Morgan fingerprint density at radius 3 is 2.62 bits per heavy atom. The molecule has 5 nitrogen and oxygen atoms in total. The van der Waals surface area contributed by atoms with Crippen molar-refractivity contribution in [1.82, 2.24) is 10.3 Å². The lowest BCUT2D eigenvalue weighted by Gasteiger charge is -2.18. The van der Waals surface area contributed by atoms with Gasteiger partial charge in [-0.15, -0.1) is 0 Å². The Morgan fingerprint density at radius 1 is 1.21 bits per heavy atom. The third-order valence-corrected chi connectivity index (χ3v) is 5.73. The number of benzene rings is 2. The summed E-state index contributed by atoms with van der Waals surface area (Å²) in [6.07, 6.45) is 1.89. The van der Waals surface area contributed by atoms with E-state index in [9.17, 15) is 19.1 Å². The average Bonchev–Trinajstić information content (AvgIpc) is 2.95. The summed E-state index contributed by atoms with van der Waals surface area (Å²) in [5.41, 5.74) is 4.13. The van der Waals surface area contributed by atoms with Crippen LogP contribution in [0.4, 0.5) is 4.39 Å². The summed E-state index contributed by atoms with van der Waals surface area (Å²) in [7, 11) is 0. The summed E-state index contributed by atoms with van der Waals surface area (Å²) in [6, 6.07) is 10.7. The first-order valence-electron chi connectivity index (χ1n) is 9.71. The van der Waals surface area contributed by atoms with Gasteiger partial charge in [0.1, 0.15) is 5.82 Å². The van der Waals surface area contributed by atoms with Gasteiger partial charge in [-0.3, -0.25) is 9.59 Å². The lowest BCUT2D eigenvalue weighted by atomic mass is 9.86. The van der Waals surface area contributed by atoms with Crippen LogP contribution in [-0.4, -0.2) is 28.5 Å². The Balaban J connectivity index is 1.69. The maximum Gasteiger partial charge on any atom is 0.309 e. The van der Waals surface area contributed by atoms with Gasteiger partial charge in [0, 0.05) is 23.1 Å². The molecule has 0 radical (unpaired) electrons. The van der Waals surface area contributed by atoms with Crippen molar-refractivity contribution < 1.29 is 19.1 Å². The highest BCUT2D eigenvalue weighted by molar-refractivity contribution is 6.10. The number of amides is 1. The average molecular weight is 394 g/mol. The highest BCUT2D eigenvalue weighted by Gasteiger charge is 2.26. The van der Waals surface area contributed by atoms with E-state index in [4.69, 9.17) is 0 Å². The van der Waals surface area contributed by atoms with Crippen molar-refractivity contribution in [3.05, 3.63) is 58.9 Å². The molecule has 0 atom stereocenters. The van der Waals surface area contributed by atoms with Crippen molar-refractivity contribution in [2.24, 2.45) is 5.41 Å². The number of carboxylic acids is 1. The van der Waals surface area contributed by atoms with Crippen LogP contribution in [0.25, 0.3) is 22.2 Å². The minimum absolute atomic E-state index is 0.254. The molecular weight excluding hydrogens is 371 g/mol. The molecule has 6 heteroatoms. The quantitative estimate of drug-likeness (QED) is 0.603. The normalized spacial score (nSPS) is 14.0. The van der Waals surface area contributed by atoms with Gasteiger partial charge >= 0.3 is 5.97 Å². The zero-order valence-corrected chi connectivity index (χ0v) is 16.4. The Bertz CT molecular complexity index is 1110. The van der Waals surface area contributed by atoms with Crippen LogP contribution < -0.4 is 5.32 Å². The smallest absolute Gasteiger partial charge is 0.309 e. The fourth-order valence-electron chi connectivity index (χ4n) is 3.84. The monoisotopic (exact) mass is 394 g/mol. The van der Waals surface area contributed by atoms with E-state index in [-0.39, 0.29) is 5.91 Å². The van der Waals surface area contributed by atoms with Gasteiger partial charge in [0.05, 0.1) is 11.0 Å². The molecule has 0 aliphatic carbocycles. The van der Waals surface area contributed by atoms with Crippen LogP contribution in [0, 0.1) is 11.2 Å². The first-order valence-corrected chi connectivity index (χ1v) is 9.71. The van der Waals surface area contributed by atoms with E-state index in [2.05, 4.69) is 10.3 Å². The zero-order valence-electron chi connectivity index (χ0n) is 16.4. The Morgan fingerprint density at radius 2 is 1.93 bits per heavy atom. The summed E-state index contributed by atoms with van der Waals surface area (Å²) in [6.45, 7) is 3.96. The minimum atomic E-state index is -0.798. The lowest BCUT2D eigenvalue weighted by Crippen LogP contribution is -2.24. The van der Waals surface area contributed by atoms with Gasteiger partial charge in [-0.1, -0.05) is 24.3 Å². The second-order valence-electron chi connectivity index (χ2n) is 8.25. The number of aryl methyl sites for hydroxylation is 1. The third kappa shape index (κ3) is 3.50. The van der Waals surface area contributed by atoms with E-state index in [0.29, 0.717) is 36.9 Å². The maximum absolute atomic E-state index is 14.0. The van der Waals surface area contributed by atoms with Gasteiger partial charge < -0.3 is 15.4 Å². The minimum Gasteiger partial charge on any atom is -0.481 e. The first kappa shape index (κ1) is 19.2. The number of carboxylic acid groups (broad SMARTS) is 1. The maximum atomic E-state index is 14.0. The van der Waals surface area contributed by atoms with Crippen LogP contribution >= 0.6 is 0 Å². The molecule has 3 aromatic rings. The number of carbonyl (C=O) groups excluding carboxylic acids is 1. The van der Waals surface area contributed by atoms with E-state index >= 15 is 0 Å². The molecule has 0 fully saturated rings. The van der Waals surface area contributed by atoms with Crippen LogP contribution in [0.15, 0.2) is 36.4 Å². The molecular formula is C23H23FN2O3. The van der Waals surface area contributed by atoms with Gasteiger partial charge in [0.15, 0.2) is 0 Å². The van der Waals surface area contributed by atoms with Gasteiger partial charge in [-0.05, 0) is 61.9 Å². The SMILES string of the molecule is CC(C)(CCc1ccc(-c2[nH]c3cc(F)cc4c3c2CCNC4=O)cc1)C(=O)O. The molecule has 4 rings (SSSR count). The second kappa shape index (κ2) is 7.03. The number of H-pyrrole nitrogens is 1. The fraction of sp³-hybridized carbons (Fsp3) is 0.304. The van der Waals surface area contributed by atoms with Crippen molar-refractivity contribution in [2.75, 3.05) is 6.54 Å². The molecule has 0 bridgehead atoms. The lowest BCUT2D eigenvalue weighted by molar-refractivity contribution is -0.147. The number of hydrogen-bond acceptors (Lipinski definition) is 2. The molecule has 1 amide bonds. The summed E-state index contributed by atoms with van der Waals surface area (Å²) in [5, 5.41) is 12.9. The van der Waals surface area contributed by atoms with Crippen molar-refractivity contribution in [1.29, 1.82) is 0 Å². The number of halogens is 1. The highest BCUT2D eigenvalue weighted by atomic mass is 19.1. The molecule has 3 N–H and O–H groups in total. The first-order chi connectivity index (χ1) is 13.8. The van der Waals surface area contributed by atoms with Crippen molar-refractivity contribution in [3.63, 3.8) is 0 Å². The Hall–Kier alpha value is -3.15. The number of aromatic nitrogens is 1. The summed E-state index contributed by atoms with van der Waals surface area (Å²) in [5.74, 6) is -1.50. The van der Waals surface area contributed by atoms with Gasteiger partial charge in [0.2, 0.25) is 0 Å². The third-order valence-electron chi connectivity index (χ3n) is 5.73. The molecule has 0 saturated carbocycles. The standard InChI is InChI=1S/C23H23FN2O3/c1-23(2,22(28)29)9-7-13-3-5-14(6-4-13)20-16-8-10-25-21(27)17-11-15(24)12-18(26-20)19(16)17/h3-6,11-12,26H,7-10H2,1-2H3,(H,25,27)(H,28,29). The molecule has 2 aromatic carbocycles. The van der Waals surface area contributed by atoms with Gasteiger partial charge in [0.25, 0.3) is 5.91 Å². The summed E-state index contributed by atoms with van der Waals surface area (Å²) in [4.78, 5) is 26.9. The molecule has 29 heavy (non-hydrogen) atoms. The molecule has 1 aliphatic heterocycles. The summed E-state index contributed by atoms with van der Waals surface area (Å²) < 4.78 is 14.0. The van der Waals surface area contributed by atoms with Crippen LogP contribution in [-0.2, 0) is 17.6 Å². The molecule has 0 spiro atoms. The number of carbonyl (C=O) groups is 2. The fourth-order valence-corrected chi connectivity index (χ4v) is 3.84. The van der Waals surface area contributed by atoms with Crippen molar-refractivity contribution in [3.8, 4) is 11.3 Å². The largest absolute Gasteiger partial charge is 0.481 e. The van der Waals surface area contributed by atoms with Crippen LogP contribution in [0.2, 0.25) is 0 Å². The van der Waals surface area contributed by atoms with E-state index in [0.717, 1.165) is 27.8 Å². The number of rotatable bonds is 5. The van der Waals surface area contributed by atoms with Gasteiger partial charge in [-0.2, -0.15) is 0 Å². The predicted molar refractivity (Wildman–Crippen MR) is 109 cm³/mol. The topological polar surface area (TPSA) is 82.2 Å². The number of nitrogens with one attached hydrogen (secondary N) is 2. The molecule has 0 unspecified atom stereocenters. The van der Waals surface area contributed by atoms with E-state index in [1.165, 1.54) is 12.1 Å². The van der Waals surface area contributed by atoms with E-state index in [1.807, 2.05) is 24.3 Å². The summed E-state index contributed by atoms with van der Waals surface area (Å²) >= 11 is 0. The van der Waals surface area contributed by atoms with Crippen LogP contribution in [0.3, 0.4) is 0 Å². The molecule has 1 aromatic heterocycles. The Labute approximate surface area is 167 Å². The number of aromatic amines is 1. The zero-order chi connectivity index (χ0) is 20.8. The van der Waals surface area contributed by atoms with E-state index in [1.54, 1.807) is 13.8 Å². The number of hydrogen-bond donors (Lipinski definition) is 3. The van der Waals surface area contributed by atoms with Crippen molar-refractivity contribution in [2.45, 2.75) is 33.1 Å². The van der Waals surface area contributed by atoms with Crippen LogP contribution in [0.5, 0.6) is 0 Å². The molecule has 2 heterocycles. The highest BCUT2D eigenvalue weighted by Crippen LogP contribution is 2.35. The second-order valence-corrected chi connectivity index (χ2v) is 8.25. The van der Waals surface area contributed by atoms with Crippen molar-refractivity contribution >= 4 is 22.8 Å². The molecule has 150 valence electrons. The predicted octanol–water partition coefficient (Wildman–Crippen LogP) is 4.30. The molecule has 0 saturated heterocycles. The van der Waals surface area contributed by atoms with E-state index < -0.39 is 17.2 Å². The van der Waals surface area contributed by atoms with Crippen LogP contribution in [0.1, 0.15) is 41.8 Å². The number of aliphatic carboxylic acids is 1. The Kier molecular flexibility index (Phi) is 4.65. The van der Waals surface area contributed by atoms with Gasteiger partial charge in [-0.25, -0.2) is 4.39 Å². The molecule has 1 aliphatic rings.